The molecule has 0 aliphatic rings. The van der Waals surface area contributed by atoms with Crippen LogP contribution in [-0.2, 0) is 0 Å². The third-order valence-electron chi connectivity index (χ3n) is 0. The second-order valence-electron chi connectivity index (χ2n) is 0.0690. The summed E-state index contributed by atoms with van der Waals surface area (Å²) in [5.41, 5.74) is 0. The summed E-state index contributed by atoms with van der Waals surface area (Å²) in [6.07, 6.45) is 0. The van der Waals surface area contributed by atoms with Gasteiger partial charge in [-0.25, -0.2) is 0 Å². The Morgan fingerprint density at radius 1 is 1.75 bits per heavy atom. The van der Waals surface area contributed by atoms with Crippen LogP contribution in [-0.4, -0.2) is 23.1 Å². The van der Waals surface area contributed by atoms with Crippen molar-refractivity contribution < 1.29 is 23.9 Å². The van der Waals surface area contributed by atoms with Crippen LogP contribution in [0.5, 0.6) is 0 Å². The van der Waals surface area contributed by atoms with Crippen LogP contribution in [0.2, 0.25) is 0 Å². The molecular weight excluding hydrogens is 119 g/mol. The summed E-state index contributed by atoms with van der Waals surface area (Å²) < 4.78 is 15.6. The van der Waals surface area contributed by atoms with Gasteiger partial charge >= 0.3 is 15.5 Å². The Balaban J connectivity index is 0. The summed E-state index contributed by atoms with van der Waals surface area (Å²) in [7, 11) is 0. The van der Waals surface area contributed by atoms with Gasteiger partial charge in [-0.2, -0.15) is 4.20 Å². The molecule has 1 radical (unpaired) electrons. The third kappa shape index (κ3) is 12.0. The van der Waals surface area contributed by atoms with Gasteiger partial charge < -0.3 is 4.20 Å². The van der Waals surface area contributed by atoms with E-state index in [2.05, 4.69) is 0 Å². The van der Waals surface area contributed by atoms with Crippen LogP contribution < -0.4 is 4.20 Å². The maximum absolute atomic E-state index is 8.52. The van der Waals surface area contributed by atoms with Gasteiger partial charge in [0, 0.05) is 18.9 Å². The average Bonchev–Trinajstić information content (AvgIpc) is 0.918. The van der Waals surface area contributed by atoms with Crippen molar-refractivity contribution in [3.63, 3.8) is 0 Å². The van der Waals surface area contributed by atoms with E-state index in [1.807, 2.05) is 0 Å². The van der Waals surface area contributed by atoms with E-state index in [1.165, 1.54) is 0 Å². The van der Waals surface area contributed by atoms with Crippen LogP contribution in [0.4, 0.5) is 0 Å². The molecule has 2 nitrogen and oxygen atoms in total. The predicted octanol–water partition coefficient (Wildman–Crippen LogP) is -2.13. The van der Waals surface area contributed by atoms with Crippen molar-refractivity contribution in [2.75, 3.05) is 0 Å². The van der Waals surface area contributed by atoms with Gasteiger partial charge in [0.15, 0.2) is 0 Å². The summed E-state index contributed by atoms with van der Waals surface area (Å²) in [5, 5.41) is 0. The standard InChI is InChI=1S/BrHO2.Li/c2-1-3;/h2H;. The zero-order chi connectivity index (χ0) is 2.71. The van der Waals surface area contributed by atoms with Gasteiger partial charge in [-0.15, -0.1) is 0 Å². The molecular formula is HBrLiO2. The minimum Gasteiger partial charge on any atom is -0.551 e. The molecule has 0 aliphatic heterocycles. The van der Waals surface area contributed by atoms with E-state index in [1.54, 1.807) is 0 Å². The molecule has 4 heteroatoms. The minimum absolute atomic E-state index is 0. The van der Waals surface area contributed by atoms with E-state index >= 15 is 0 Å². The zero-order valence-electron chi connectivity index (χ0n) is 2.23. The molecule has 4 heavy (non-hydrogen) atoms. The molecule has 21 valence electrons. The molecule has 0 spiro atoms. The van der Waals surface area contributed by atoms with E-state index in [-0.39, 0.29) is 18.9 Å². The Morgan fingerprint density at radius 3 is 1.75 bits per heavy atom. The summed E-state index contributed by atoms with van der Waals surface area (Å²) in [4.78, 5) is 0. The predicted molar refractivity (Wildman–Crippen MR) is 7.97 cm³/mol. The van der Waals surface area contributed by atoms with Gasteiger partial charge in [-0.1, -0.05) is 0 Å². The molecule has 0 aromatic rings. The van der Waals surface area contributed by atoms with E-state index in [4.69, 9.17) is 8.40 Å². The Kier molecular flexibility index (Phi) is 20.0. The van der Waals surface area contributed by atoms with Crippen molar-refractivity contribution in [3.05, 3.63) is 0 Å². The van der Waals surface area contributed by atoms with Crippen LogP contribution in [0, 0.1) is 15.5 Å². The fourth-order valence-electron chi connectivity index (χ4n) is 0. The second kappa shape index (κ2) is 9.00. The van der Waals surface area contributed by atoms with E-state index in [0.29, 0.717) is 0 Å². The monoisotopic (exact) mass is 119 g/mol. The Labute approximate surface area is 43.1 Å². The first-order valence-corrected chi connectivity index (χ1v) is 1.68. The minimum atomic E-state index is -1.19. The number of halogens is 1. The number of hydrogen-bond acceptors (Lipinski definition) is 2. The van der Waals surface area contributed by atoms with Gasteiger partial charge in [0.1, 0.15) is 0 Å². The first-order valence-electron chi connectivity index (χ1n) is 0.323. The maximum atomic E-state index is 8.52. The molecule has 0 saturated heterocycles. The molecule has 0 heterocycles. The molecule has 0 amide bonds. The smallest absolute Gasteiger partial charge is 0.417 e. The quantitative estimate of drug-likeness (QED) is 0.371. The summed E-state index contributed by atoms with van der Waals surface area (Å²) >= 11 is -1.19. The molecule has 1 N–H and O–H groups in total. The Hall–Kier alpha value is 0.997. The van der Waals surface area contributed by atoms with E-state index < -0.39 is 15.5 Å². The van der Waals surface area contributed by atoms with Crippen molar-refractivity contribution >= 4 is 18.9 Å². The van der Waals surface area contributed by atoms with Gasteiger partial charge in [0.05, 0.1) is 0 Å². The zero-order valence-corrected chi connectivity index (χ0v) is 3.82. The van der Waals surface area contributed by atoms with E-state index in [0.717, 1.165) is 0 Å². The maximum Gasteiger partial charge on any atom is 0.417 e. The summed E-state index contributed by atoms with van der Waals surface area (Å²) in [6, 6.07) is 0. The average molecular weight is 120 g/mol. The SMILES string of the molecule is [Li].[O-][Br+]O. The third-order valence-corrected chi connectivity index (χ3v) is 0. The molecule has 0 fully saturated rings. The summed E-state index contributed by atoms with van der Waals surface area (Å²) in [6.45, 7) is 0. The van der Waals surface area contributed by atoms with Crippen molar-refractivity contribution in [1.82, 2.24) is 0 Å². The van der Waals surface area contributed by atoms with Crippen LogP contribution in [0.1, 0.15) is 0 Å². The summed E-state index contributed by atoms with van der Waals surface area (Å²) in [5.74, 6) is 0. The molecule has 0 saturated carbocycles. The van der Waals surface area contributed by atoms with Crippen LogP contribution in [0.25, 0.3) is 0 Å². The van der Waals surface area contributed by atoms with Crippen LogP contribution >= 0.6 is 0 Å². The molecule has 0 aromatic carbocycles. The molecule has 0 unspecified atom stereocenters. The van der Waals surface area contributed by atoms with Gasteiger partial charge in [-0.3, -0.25) is 0 Å². The fraction of sp³-hybridized carbons (Fsp3) is 0. The Morgan fingerprint density at radius 2 is 1.75 bits per heavy atom. The first kappa shape index (κ1) is 8.89. The van der Waals surface area contributed by atoms with Gasteiger partial charge in [0.25, 0.3) is 0 Å². The Bertz CT molecular complexity index is 6.00. The van der Waals surface area contributed by atoms with Crippen molar-refractivity contribution in [2.24, 2.45) is 0 Å². The van der Waals surface area contributed by atoms with Crippen LogP contribution in [0.3, 0.4) is 0 Å². The molecule has 0 bridgehead atoms. The van der Waals surface area contributed by atoms with Crippen LogP contribution in [0.15, 0.2) is 0 Å². The second-order valence-corrected chi connectivity index (χ2v) is 0.359. The first-order chi connectivity index (χ1) is 1.41. The van der Waals surface area contributed by atoms with Crippen molar-refractivity contribution in [2.45, 2.75) is 0 Å². The molecule has 0 aliphatic carbocycles. The van der Waals surface area contributed by atoms with Gasteiger partial charge in [0.2, 0.25) is 0 Å². The number of rotatable bonds is 0. The fourth-order valence-corrected chi connectivity index (χ4v) is 0. The van der Waals surface area contributed by atoms with Crippen molar-refractivity contribution in [1.29, 1.82) is 0 Å². The molecule has 0 rings (SSSR count). The topological polar surface area (TPSA) is 43.3 Å². The normalized spacial score (nSPS) is 4.50. The number of hydrogen-bond donors (Lipinski definition) is 1. The largest absolute Gasteiger partial charge is 0.551 e. The molecule has 0 aromatic heterocycles. The van der Waals surface area contributed by atoms with Crippen molar-refractivity contribution in [3.8, 4) is 0 Å². The molecule has 0 atom stereocenters. The van der Waals surface area contributed by atoms with Gasteiger partial charge in [-0.05, 0) is 0 Å². The van der Waals surface area contributed by atoms with E-state index in [9.17, 15) is 0 Å².